The van der Waals surface area contributed by atoms with Crippen LogP contribution in [-0.4, -0.2) is 22.0 Å². The lowest BCUT2D eigenvalue weighted by atomic mass is 10.1. The molecule has 0 saturated heterocycles. The molecule has 1 saturated carbocycles. The summed E-state index contributed by atoms with van der Waals surface area (Å²) >= 11 is 0. The van der Waals surface area contributed by atoms with Crippen molar-refractivity contribution in [3.8, 4) is 0 Å². The third kappa shape index (κ3) is 3.03. The number of para-hydroxylation sites is 1. The maximum atomic E-state index is 12.2. The van der Waals surface area contributed by atoms with E-state index < -0.39 is 10.0 Å². The molecule has 18 heavy (non-hydrogen) atoms. The Morgan fingerprint density at radius 1 is 1.22 bits per heavy atom. The molecular weight excluding hydrogens is 248 g/mol. The van der Waals surface area contributed by atoms with E-state index in [-0.39, 0.29) is 0 Å². The molecule has 2 rings (SSSR count). The smallest absolute Gasteiger partial charge is 0.242 e. The third-order valence-electron chi connectivity index (χ3n) is 3.48. The van der Waals surface area contributed by atoms with E-state index in [1.54, 1.807) is 25.2 Å². The molecule has 0 radical (unpaired) electrons. The summed E-state index contributed by atoms with van der Waals surface area (Å²) < 4.78 is 27.2. The van der Waals surface area contributed by atoms with Gasteiger partial charge in [-0.2, -0.15) is 0 Å². The first kappa shape index (κ1) is 13.4. The molecule has 0 unspecified atom stereocenters. The maximum absolute atomic E-state index is 12.2. The Bertz CT molecular complexity index is 493. The molecule has 100 valence electrons. The minimum atomic E-state index is -3.40. The van der Waals surface area contributed by atoms with Gasteiger partial charge in [-0.3, -0.25) is 0 Å². The fourth-order valence-corrected chi connectivity index (χ4v) is 3.76. The Morgan fingerprint density at radius 2 is 1.89 bits per heavy atom. The maximum Gasteiger partial charge on any atom is 0.242 e. The van der Waals surface area contributed by atoms with Gasteiger partial charge in [0.1, 0.15) is 4.90 Å². The SMILES string of the molecule is CNc1ccccc1S(=O)(=O)NCC1CCCC1. The van der Waals surface area contributed by atoms with Crippen LogP contribution in [0.3, 0.4) is 0 Å². The summed E-state index contributed by atoms with van der Waals surface area (Å²) in [5.41, 5.74) is 0.636. The fourth-order valence-electron chi connectivity index (χ4n) is 2.43. The minimum Gasteiger partial charge on any atom is -0.387 e. The van der Waals surface area contributed by atoms with Gasteiger partial charge in [0.15, 0.2) is 0 Å². The van der Waals surface area contributed by atoms with Crippen LogP contribution in [0, 0.1) is 5.92 Å². The molecular formula is C13H20N2O2S. The molecule has 1 aromatic rings. The van der Waals surface area contributed by atoms with Gasteiger partial charge in [-0.25, -0.2) is 13.1 Å². The molecule has 1 aromatic carbocycles. The van der Waals surface area contributed by atoms with E-state index in [4.69, 9.17) is 0 Å². The molecule has 2 N–H and O–H groups in total. The molecule has 0 heterocycles. The first-order valence-corrected chi connectivity index (χ1v) is 7.88. The highest BCUT2D eigenvalue weighted by Crippen LogP contribution is 2.25. The average molecular weight is 268 g/mol. The second-order valence-electron chi connectivity index (χ2n) is 4.75. The van der Waals surface area contributed by atoms with Crippen LogP contribution < -0.4 is 10.0 Å². The van der Waals surface area contributed by atoms with Crippen molar-refractivity contribution in [3.05, 3.63) is 24.3 Å². The standard InChI is InChI=1S/C13H20N2O2S/c1-14-12-8-4-5-9-13(12)18(16,17)15-10-11-6-2-3-7-11/h4-5,8-9,11,14-15H,2-3,6-7,10H2,1H3. The van der Waals surface area contributed by atoms with Crippen LogP contribution in [0.15, 0.2) is 29.2 Å². The number of hydrogen-bond donors (Lipinski definition) is 2. The van der Waals surface area contributed by atoms with Gasteiger partial charge < -0.3 is 5.32 Å². The van der Waals surface area contributed by atoms with E-state index in [0.29, 0.717) is 23.0 Å². The lowest BCUT2D eigenvalue weighted by molar-refractivity contribution is 0.520. The van der Waals surface area contributed by atoms with Crippen LogP contribution in [-0.2, 0) is 10.0 Å². The zero-order valence-electron chi connectivity index (χ0n) is 10.6. The molecule has 1 fully saturated rings. The van der Waals surface area contributed by atoms with Crippen molar-refractivity contribution in [2.24, 2.45) is 5.92 Å². The molecule has 0 spiro atoms. The average Bonchev–Trinajstić information content (AvgIpc) is 2.89. The number of benzene rings is 1. The van der Waals surface area contributed by atoms with Crippen LogP contribution in [0.5, 0.6) is 0 Å². The van der Waals surface area contributed by atoms with Gasteiger partial charge >= 0.3 is 0 Å². The van der Waals surface area contributed by atoms with Crippen molar-refractivity contribution in [3.63, 3.8) is 0 Å². The van der Waals surface area contributed by atoms with E-state index in [1.807, 2.05) is 6.07 Å². The summed E-state index contributed by atoms with van der Waals surface area (Å²) in [4.78, 5) is 0.325. The molecule has 0 amide bonds. The fraction of sp³-hybridized carbons (Fsp3) is 0.538. The van der Waals surface area contributed by atoms with E-state index >= 15 is 0 Å². The van der Waals surface area contributed by atoms with Crippen LogP contribution in [0.2, 0.25) is 0 Å². The van der Waals surface area contributed by atoms with E-state index in [1.165, 1.54) is 12.8 Å². The largest absolute Gasteiger partial charge is 0.387 e. The summed E-state index contributed by atoms with van der Waals surface area (Å²) in [5, 5.41) is 2.91. The van der Waals surface area contributed by atoms with Crippen molar-refractivity contribution in [2.75, 3.05) is 18.9 Å². The van der Waals surface area contributed by atoms with Gasteiger partial charge in [-0.05, 0) is 30.9 Å². The Hall–Kier alpha value is -1.07. The second-order valence-corrected chi connectivity index (χ2v) is 6.48. The zero-order valence-corrected chi connectivity index (χ0v) is 11.5. The zero-order chi connectivity index (χ0) is 13.0. The summed E-state index contributed by atoms with van der Waals surface area (Å²) in [6, 6.07) is 6.96. The molecule has 0 aromatic heterocycles. The van der Waals surface area contributed by atoms with Crippen LogP contribution in [0.1, 0.15) is 25.7 Å². The first-order valence-electron chi connectivity index (χ1n) is 6.40. The number of hydrogen-bond acceptors (Lipinski definition) is 3. The minimum absolute atomic E-state index is 0.325. The van der Waals surface area contributed by atoms with Crippen molar-refractivity contribution >= 4 is 15.7 Å². The highest BCUT2D eigenvalue weighted by atomic mass is 32.2. The Labute approximate surface area is 109 Å². The summed E-state index contributed by atoms with van der Waals surface area (Å²) in [6.07, 6.45) is 4.71. The van der Waals surface area contributed by atoms with E-state index in [2.05, 4.69) is 10.0 Å². The van der Waals surface area contributed by atoms with Gasteiger partial charge in [0, 0.05) is 13.6 Å². The van der Waals surface area contributed by atoms with Gasteiger partial charge in [0.25, 0.3) is 0 Å². The summed E-state index contributed by atoms with van der Waals surface area (Å²) in [5.74, 6) is 0.501. The summed E-state index contributed by atoms with van der Waals surface area (Å²) in [6.45, 7) is 0.556. The Morgan fingerprint density at radius 3 is 2.56 bits per heavy atom. The van der Waals surface area contributed by atoms with Crippen molar-refractivity contribution in [1.29, 1.82) is 0 Å². The van der Waals surface area contributed by atoms with Gasteiger partial charge in [0.2, 0.25) is 10.0 Å². The summed E-state index contributed by atoms with van der Waals surface area (Å²) in [7, 11) is -1.68. The lowest BCUT2D eigenvalue weighted by Crippen LogP contribution is -2.29. The van der Waals surface area contributed by atoms with Crippen LogP contribution >= 0.6 is 0 Å². The van der Waals surface area contributed by atoms with E-state index in [0.717, 1.165) is 12.8 Å². The van der Waals surface area contributed by atoms with E-state index in [9.17, 15) is 8.42 Å². The third-order valence-corrected chi connectivity index (χ3v) is 4.96. The number of rotatable bonds is 5. The van der Waals surface area contributed by atoms with Gasteiger partial charge in [0.05, 0.1) is 5.69 Å². The van der Waals surface area contributed by atoms with Crippen molar-refractivity contribution < 1.29 is 8.42 Å². The normalized spacial score (nSPS) is 16.9. The highest BCUT2D eigenvalue weighted by Gasteiger charge is 2.21. The van der Waals surface area contributed by atoms with Crippen LogP contribution in [0.25, 0.3) is 0 Å². The Kier molecular flexibility index (Phi) is 4.24. The topological polar surface area (TPSA) is 58.2 Å². The molecule has 0 atom stereocenters. The number of anilines is 1. The van der Waals surface area contributed by atoms with Crippen molar-refractivity contribution in [1.82, 2.24) is 4.72 Å². The molecule has 4 nitrogen and oxygen atoms in total. The molecule has 0 bridgehead atoms. The lowest BCUT2D eigenvalue weighted by Gasteiger charge is -2.13. The van der Waals surface area contributed by atoms with Crippen LogP contribution in [0.4, 0.5) is 5.69 Å². The predicted molar refractivity (Wildman–Crippen MR) is 73.1 cm³/mol. The van der Waals surface area contributed by atoms with Gasteiger partial charge in [-0.1, -0.05) is 25.0 Å². The van der Waals surface area contributed by atoms with Crippen molar-refractivity contribution in [2.45, 2.75) is 30.6 Å². The quantitative estimate of drug-likeness (QED) is 0.860. The highest BCUT2D eigenvalue weighted by molar-refractivity contribution is 7.89. The first-order chi connectivity index (χ1) is 8.63. The Balaban J connectivity index is 2.09. The molecule has 1 aliphatic rings. The second kappa shape index (κ2) is 5.71. The number of nitrogens with one attached hydrogen (secondary N) is 2. The molecule has 5 heteroatoms. The molecule has 1 aliphatic carbocycles. The monoisotopic (exact) mass is 268 g/mol. The molecule has 0 aliphatic heterocycles. The predicted octanol–water partition coefficient (Wildman–Crippen LogP) is 2.20. The van der Waals surface area contributed by atoms with Gasteiger partial charge in [-0.15, -0.1) is 0 Å². The number of sulfonamides is 1.